The zero-order chi connectivity index (χ0) is 15.6. The molecule has 0 aliphatic carbocycles. The second-order valence-corrected chi connectivity index (χ2v) is 6.97. The van der Waals surface area contributed by atoms with E-state index in [1.165, 1.54) is 0 Å². The number of hydrogen-bond acceptors (Lipinski definition) is 5. The summed E-state index contributed by atoms with van der Waals surface area (Å²) < 4.78 is 32.3. The van der Waals surface area contributed by atoms with Crippen molar-refractivity contribution < 1.29 is 27.9 Å². The highest BCUT2D eigenvalue weighted by Crippen LogP contribution is 2.29. The summed E-state index contributed by atoms with van der Waals surface area (Å²) in [5.74, 6) is -1.72. The van der Waals surface area contributed by atoms with Gasteiger partial charge < -0.3 is 9.84 Å². The average molecular weight is 320 g/mol. The predicted octanol–water partition coefficient (Wildman–Crippen LogP) is -0.192. The molecule has 2 heterocycles. The molecule has 0 aromatic carbocycles. The quantitative estimate of drug-likeness (QED) is 0.704. The van der Waals surface area contributed by atoms with Crippen molar-refractivity contribution in [3.8, 4) is 0 Å². The van der Waals surface area contributed by atoms with Gasteiger partial charge in [0.15, 0.2) is 0 Å². The largest absolute Gasteiger partial charge is 0.480 e. The molecular weight excluding hydrogens is 300 g/mol. The minimum absolute atomic E-state index is 0.172. The summed E-state index contributed by atoms with van der Waals surface area (Å²) in [5.41, 5.74) is 0. The van der Waals surface area contributed by atoms with Crippen molar-refractivity contribution >= 4 is 22.1 Å². The van der Waals surface area contributed by atoms with E-state index in [0.29, 0.717) is 25.7 Å². The summed E-state index contributed by atoms with van der Waals surface area (Å²) in [6.45, 7) is 2.23. The maximum absolute atomic E-state index is 12.6. The molecule has 1 N–H and O–H groups in total. The van der Waals surface area contributed by atoms with Gasteiger partial charge in [-0.05, 0) is 32.6 Å². The molecule has 9 heteroatoms. The van der Waals surface area contributed by atoms with Gasteiger partial charge in [0.1, 0.15) is 12.1 Å². The van der Waals surface area contributed by atoms with Crippen LogP contribution < -0.4 is 0 Å². The summed E-state index contributed by atoms with van der Waals surface area (Å²) in [4.78, 5) is 23.0. The second kappa shape index (κ2) is 6.29. The monoisotopic (exact) mass is 320 g/mol. The number of ether oxygens (including phenoxy) is 1. The van der Waals surface area contributed by atoms with Crippen LogP contribution in [0.4, 0.5) is 0 Å². The average Bonchev–Trinajstić information content (AvgIpc) is 3.08. The van der Waals surface area contributed by atoms with Crippen LogP contribution in [0.3, 0.4) is 0 Å². The van der Waals surface area contributed by atoms with Crippen LogP contribution in [0.25, 0.3) is 0 Å². The molecule has 2 atom stereocenters. The first kappa shape index (κ1) is 16.2. The standard InChI is InChI=1S/C12H20N2O6S/c1-2-20-12(17)10-6-4-8-14(10)21(18,19)13-7-3-5-9(13)11(15)16/h9-10H,2-8H2,1H3,(H,15,16)/t9-,10?/m1/s1. The fourth-order valence-corrected chi connectivity index (χ4v) is 4.91. The number of nitrogens with zero attached hydrogens (tertiary/aromatic N) is 2. The molecule has 0 spiro atoms. The fourth-order valence-electron chi connectivity index (χ4n) is 2.89. The van der Waals surface area contributed by atoms with Gasteiger partial charge in [0.25, 0.3) is 10.2 Å². The molecule has 2 aliphatic rings. The van der Waals surface area contributed by atoms with Gasteiger partial charge >= 0.3 is 11.9 Å². The number of carboxylic acid groups (broad SMARTS) is 1. The summed E-state index contributed by atoms with van der Waals surface area (Å²) in [6.07, 6.45) is 1.78. The van der Waals surface area contributed by atoms with E-state index >= 15 is 0 Å². The van der Waals surface area contributed by atoms with Gasteiger partial charge in [0.05, 0.1) is 6.61 Å². The third-order valence-electron chi connectivity index (χ3n) is 3.84. The van der Waals surface area contributed by atoms with Gasteiger partial charge in [-0.2, -0.15) is 17.0 Å². The first-order valence-corrected chi connectivity index (χ1v) is 8.47. The molecule has 2 rings (SSSR count). The molecule has 1 unspecified atom stereocenters. The van der Waals surface area contributed by atoms with Crippen molar-refractivity contribution in [2.24, 2.45) is 0 Å². The van der Waals surface area contributed by atoms with Gasteiger partial charge in [-0.3, -0.25) is 9.59 Å². The summed E-state index contributed by atoms with van der Waals surface area (Å²) in [5, 5.41) is 9.13. The van der Waals surface area contributed by atoms with E-state index in [0.717, 1.165) is 8.61 Å². The Bertz CT molecular complexity index is 520. The van der Waals surface area contributed by atoms with Gasteiger partial charge in [-0.15, -0.1) is 0 Å². The minimum atomic E-state index is -3.96. The Morgan fingerprint density at radius 1 is 1.14 bits per heavy atom. The van der Waals surface area contributed by atoms with E-state index in [2.05, 4.69) is 0 Å². The number of rotatable bonds is 5. The molecule has 0 amide bonds. The predicted molar refractivity (Wildman–Crippen MR) is 72.6 cm³/mol. The first-order chi connectivity index (χ1) is 9.89. The van der Waals surface area contributed by atoms with Gasteiger partial charge in [0.2, 0.25) is 0 Å². The first-order valence-electron chi connectivity index (χ1n) is 7.07. The SMILES string of the molecule is CCOC(=O)C1CCCN1S(=O)(=O)N1CCC[C@@H]1C(=O)O. The Labute approximate surface area is 123 Å². The molecule has 0 saturated carbocycles. The fraction of sp³-hybridized carbons (Fsp3) is 0.833. The maximum atomic E-state index is 12.6. The second-order valence-electron chi connectivity index (χ2n) is 5.14. The lowest BCUT2D eigenvalue weighted by atomic mass is 10.2. The van der Waals surface area contributed by atoms with Crippen LogP contribution in [0.15, 0.2) is 0 Å². The van der Waals surface area contributed by atoms with Gasteiger partial charge in [-0.1, -0.05) is 0 Å². The van der Waals surface area contributed by atoms with E-state index in [-0.39, 0.29) is 19.7 Å². The number of carbonyl (C=O) groups is 2. The molecule has 2 aliphatic heterocycles. The van der Waals surface area contributed by atoms with E-state index in [1.807, 2.05) is 0 Å². The van der Waals surface area contributed by atoms with Crippen LogP contribution in [0.5, 0.6) is 0 Å². The van der Waals surface area contributed by atoms with Gasteiger partial charge in [0, 0.05) is 13.1 Å². The summed E-state index contributed by atoms with van der Waals surface area (Å²) >= 11 is 0. The van der Waals surface area contributed by atoms with E-state index in [4.69, 9.17) is 9.84 Å². The lowest BCUT2D eigenvalue weighted by Crippen LogP contribution is -2.51. The third kappa shape index (κ3) is 3.04. The highest BCUT2D eigenvalue weighted by atomic mass is 32.2. The molecule has 0 bridgehead atoms. The zero-order valence-corrected chi connectivity index (χ0v) is 12.7. The van der Waals surface area contributed by atoms with E-state index in [1.54, 1.807) is 6.92 Å². The molecular formula is C12H20N2O6S. The summed E-state index contributed by atoms with van der Waals surface area (Å²) in [7, 11) is -3.96. The van der Waals surface area contributed by atoms with E-state index in [9.17, 15) is 18.0 Å². The number of hydrogen-bond donors (Lipinski definition) is 1. The van der Waals surface area contributed by atoms with Gasteiger partial charge in [-0.25, -0.2) is 0 Å². The Kier molecular flexibility index (Phi) is 4.84. The molecule has 0 aromatic heterocycles. The highest BCUT2D eigenvalue weighted by molar-refractivity contribution is 7.86. The van der Waals surface area contributed by atoms with Crippen LogP contribution in [0.2, 0.25) is 0 Å². The minimum Gasteiger partial charge on any atom is -0.480 e. The highest BCUT2D eigenvalue weighted by Gasteiger charge is 2.47. The molecule has 2 saturated heterocycles. The Morgan fingerprint density at radius 2 is 1.67 bits per heavy atom. The normalized spacial score (nSPS) is 27.9. The molecule has 0 aromatic rings. The zero-order valence-electron chi connectivity index (χ0n) is 11.9. The van der Waals surface area contributed by atoms with Crippen molar-refractivity contribution in [3.63, 3.8) is 0 Å². The van der Waals surface area contributed by atoms with Crippen LogP contribution in [-0.2, 0) is 24.5 Å². The topological polar surface area (TPSA) is 104 Å². The lowest BCUT2D eigenvalue weighted by molar-refractivity contribution is -0.146. The molecule has 8 nitrogen and oxygen atoms in total. The maximum Gasteiger partial charge on any atom is 0.324 e. The molecule has 2 fully saturated rings. The number of esters is 1. The smallest absolute Gasteiger partial charge is 0.324 e. The summed E-state index contributed by atoms with van der Waals surface area (Å²) in [6, 6.07) is -1.89. The van der Waals surface area contributed by atoms with Crippen molar-refractivity contribution in [1.82, 2.24) is 8.61 Å². The van der Waals surface area contributed by atoms with Crippen LogP contribution in [-0.4, -0.2) is 65.9 Å². The molecule has 21 heavy (non-hydrogen) atoms. The lowest BCUT2D eigenvalue weighted by Gasteiger charge is -2.29. The van der Waals surface area contributed by atoms with E-state index < -0.39 is 34.2 Å². The van der Waals surface area contributed by atoms with Crippen molar-refractivity contribution in [3.05, 3.63) is 0 Å². The molecule has 120 valence electrons. The Hall–Kier alpha value is -1.19. The Balaban J connectivity index is 2.22. The number of carboxylic acids is 1. The van der Waals surface area contributed by atoms with Crippen molar-refractivity contribution in [1.29, 1.82) is 0 Å². The van der Waals surface area contributed by atoms with Crippen LogP contribution in [0, 0.1) is 0 Å². The Morgan fingerprint density at radius 3 is 2.19 bits per heavy atom. The van der Waals surface area contributed by atoms with Crippen molar-refractivity contribution in [2.75, 3.05) is 19.7 Å². The molecule has 0 radical (unpaired) electrons. The van der Waals surface area contributed by atoms with Crippen molar-refractivity contribution in [2.45, 2.75) is 44.7 Å². The number of aliphatic carboxylic acids is 1. The van der Waals surface area contributed by atoms with Crippen LogP contribution >= 0.6 is 0 Å². The van der Waals surface area contributed by atoms with Crippen LogP contribution in [0.1, 0.15) is 32.6 Å². The third-order valence-corrected chi connectivity index (χ3v) is 5.90. The number of carbonyl (C=O) groups excluding carboxylic acids is 1.